The van der Waals surface area contributed by atoms with Crippen LogP contribution in [-0.2, 0) is 52.2 Å². The van der Waals surface area contributed by atoms with E-state index in [9.17, 15) is 19.8 Å². The third-order valence-corrected chi connectivity index (χ3v) is 14.4. The van der Waals surface area contributed by atoms with Crippen LogP contribution < -0.4 is 0 Å². The number of allylic oxidation sites excluding steroid dienone is 2. The summed E-state index contributed by atoms with van der Waals surface area (Å²) in [5, 5.41) is 23.7. The molecule has 62 heavy (non-hydrogen) atoms. The molecule has 2 bridgehead atoms. The Bertz CT molecular complexity index is 1750. The number of carbonyl (C=O) groups is 2. The fourth-order valence-electron chi connectivity index (χ4n) is 10.4. The van der Waals surface area contributed by atoms with Gasteiger partial charge in [0.2, 0.25) is 0 Å². The molecular formula is C48H71NO13. The Labute approximate surface area is 367 Å². The molecule has 0 aromatic carbocycles. The molecular weight excluding hydrogens is 799 g/mol. The number of carbonyl (C=O) groups excluding carboxylic acids is 2. The zero-order valence-electron chi connectivity index (χ0n) is 38.1. The van der Waals surface area contributed by atoms with Crippen LogP contribution in [0.1, 0.15) is 87.5 Å². The molecule has 7 unspecified atom stereocenters. The summed E-state index contributed by atoms with van der Waals surface area (Å²) >= 11 is 0. The maximum Gasteiger partial charge on any atom is 0.323 e. The molecule has 0 aromatic heterocycles. The van der Waals surface area contributed by atoms with Crippen molar-refractivity contribution in [2.75, 3.05) is 40.0 Å². The van der Waals surface area contributed by atoms with E-state index in [1.54, 1.807) is 26.2 Å². The lowest BCUT2D eigenvalue weighted by Crippen LogP contribution is -2.58. The average molecular weight is 870 g/mol. The van der Waals surface area contributed by atoms with Crippen molar-refractivity contribution in [2.45, 2.75) is 166 Å². The molecule has 4 fully saturated rings. The number of hydrogen-bond acceptors (Lipinski definition) is 14. The number of hydrogen-bond donors (Lipinski definition) is 2. The maximum atomic E-state index is 14.3. The molecule has 17 atom stereocenters. The SMILES string of the molecule is CC[C@H](C)[C@H]1OC2(C=C[C@@H]1C)C[C@@H]1C[C@@H](CC=C(C)[C@@H](OC3CC(OC)C(OC(=O)C(C)N4CCOCC4)C(C)O3)[C@@H](C)C=CC=C3CO[C@@H]4[C@H](O)C(C)=CC(C(=O)O1)[C@]34O)O2. The Morgan fingerprint density at radius 2 is 1.79 bits per heavy atom. The summed E-state index contributed by atoms with van der Waals surface area (Å²) < 4.78 is 57.0. The van der Waals surface area contributed by atoms with Crippen LogP contribution in [0.3, 0.4) is 0 Å². The van der Waals surface area contributed by atoms with E-state index in [1.807, 2.05) is 39.0 Å². The van der Waals surface area contributed by atoms with Crippen LogP contribution >= 0.6 is 0 Å². The van der Waals surface area contributed by atoms with E-state index in [0.717, 1.165) is 12.0 Å². The van der Waals surface area contributed by atoms with Gasteiger partial charge in [-0.25, -0.2) is 0 Å². The molecule has 2 N–H and O–H groups in total. The third-order valence-electron chi connectivity index (χ3n) is 14.4. The summed E-state index contributed by atoms with van der Waals surface area (Å²) in [5.74, 6) is -2.92. The summed E-state index contributed by atoms with van der Waals surface area (Å²) in [6.45, 7) is 18.5. The topological polar surface area (TPSA) is 161 Å². The predicted molar refractivity (Wildman–Crippen MR) is 228 cm³/mol. The fraction of sp³-hybridized carbons (Fsp3) is 0.750. The van der Waals surface area contributed by atoms with Crippen LogP contribution in [0.25, 0.3) is 0 Å². The van der Waals surface area contributed by atoms with Gasteiger partial charge in [0, 0.05) is 51.3 Å². The second kappa shape index (κ2) is 19.8. The summed E-state index contributed by atoms with van der Waals surface area (Å²) in [6.07, 6.45) is 9.92. The highest BCUT2D eigenvalue weighted by Crippen LogP contribution is 2.47. The number of methoxy groups -OCH3 is 1. The van der Waals surface area contributed by atoms with E-state index in [-0.39, 0.29) is 36.4 Å². The number of aliphatic hydroxyl groups excluding tert-OH is 1. The minimum absolute atomic E-state index is 0.0279. The molecule has 7 rings (SSSR count). The Morgan fingerprint density at radius 3 is 2.52 bits per heavy atom. The monoisotopic (exact) mass is 869 g/mol. The van der Waals surface area contributed by atoms with Crippen molar-refractivity contribution < 1.29 is 62.4 Å². The van der Waals surface area contributed by atoms with Crippen molar-refractivity contribution in [1.82, 2.24) is 4.90 Å². The normalized spacial score (nSPS) is 42.9. The summed E-state index contributed by atoms with van der Waals surface area (Å²) in [7, 11) is 1.61. The number of esters is 2. The highest BCUT2D eigenvalue weighted by molar-refractivity contribution is 5.78. The van der Waals surface area contributed by atoms with Gasteiger partial charge in [0.15, 0.2) is 18.2 Å². The number of fused-ring (bicyclic) bond motifs is 2. The molecule has 7 aliphatic rings. The molecule has 14 heteroatoms. The highest BCUT2D eigenvalue weighted by Gasteiger charge is 2.60. The van der Waals surface area contributed by atoms with Crippen molar-refractivity contribution in [3.63, 3.8) is 0 Å². The number of aliphatic hydroxyl groups is 2. The van der Waals surface area contributed by atoms with Crippen molar-refractivity contribution >= 4 is 11.9 Å². The van der Waals surface area contributed by atoms with Gasteiger partial charge in [0.1, 0.15) is 42.0 Å². The van der Waals surface area contributed by atoms with Gasteiger partial charge in [-0.15, -0.1) is 0 Å². The Kier molecular flexibility index (Phi) is 15.1. The molecule has 346 valence electrons. The van der Waals surface area contributed by atoms with Crippen molar-refractivity contribution in [3.8, 4) is 0 Å². The third kappa shape index (κ3) is 9.75. The summed E-state index contributed by atoms with van der Waals surface area (Å²) in [6, 6.07) is -0.431. The second-order valence-electron chi connectivity index (χ2n) is 18.8. The largest absolute Gasteiger partial charge is 0.462 e. The van der Waals surface area contributed by atoms with Crippen molar-refractivity contribution in [1.29, 1.82) is 0 Å². The predicted octanol–water partition coefficient (Wildman–Crippen LogP) is 5.11. The van der Waals surface area contributed by atoms with Gasteiger partial charge in [0.05, 0.1) is 44.2 Å². The number of ether oxygens (including phenoxy) is 9. The van der Waals surface area contributed by atoms with Gasteiger partial charge < -0.3 is 52.8 Å². The first-order valence-electron chi connectivity index (χ1n) is 22.9. The van der Waals surface area contributed by atoms with Gasteiger partial charge in [0.25, 0.3) is 0 Å². The van der Waals surface area contributed by atoms with Crippen LogP contribution in [0.15, 0.2) is 59.3 Å². The average Bonchev–Trinajstić information content (AvgIpc) is 3.60. The van der Waals surface area contributed by atoms with Gasteiger partial charge >= 0.3 is 11.9 Å². The number of rotatable bonds is 8. The van der Waals surface area contributed by atoms with E-state index in [4.69, 9.17) is 42.6 Å². The number of morpholine rings is 1. The Morgan fingerprint density at radius 1 is 1.03 bits per heavy atom. The van der Waals surface area contributed by atoms with E-state index in [1.165, 1.54) is 0 Å². The number of nitrogens with zero attached hydrogens (tertiary/aromatic N) is 1. The van der Waals surface area contributed by atoms with Crippen molar-refractivity contribution in [2.24, 2.45) is 23.7 Å². The Hall–Kier alpha value is -2.76. The minimum atomic E-state index is -1.84. The second-order valence-corrected chi connectivity index (χ2v) is 18.8. The first kappa shape index (κ1) is 47.2. The lowest BCUT2D eigenvalue weighted by molar-refractivity contribution is -0.300. The first-order chi connectivity index (χ1) is 29.6. The molecule has 0 radical (unpaired) electrons. The Balaban J connectivity index is 1.18. The lowest BCUT2D eigenvalue weighted by Gasteiger charge is -2.48. The smallest absolute Gasteiger partial charge is 0.323 e. The van der Waals surface area contributed by atoms with Gasteiger partial charge in [-0.3, -0.25) is 14.5 Å². The van der Waals surface area contributed by atoms with E-state index >= 15 is 0 Å². The summed E-state index contributed by atoms with van der Waals surface area (Å²) in [5.41, 5.74) is 0.110. The van der Waals surface area contributed by atoms with Crippen LogP contribution in [0.2, 0.25) is 0 Å². The highest BCUT2D eigenvalue weighted by atomic mass is 16.7. The molecule has 14 nitrogen and oxygen atoms in total. The van der Waals surface area contributed by atoms with Crippen molar-refractivity contribution in [3.05, 3.63) is 59.3 Å². The molecule has 4 saturated heterocycles. The van der Waals surface area contributed by atoms with E-state index < -0.39 is 84.4 Å². The zero-order valence-corrected chi connectivity index (χ0v) is 38.1. The molecule has 6 aliphatic heterocycles. The van der Waals surface area contributed by atoms with Crippen LogP contribution in [0, 0.1) is 23.7 Å². The standard InChI is InChI=1S/C48H71NO13/c1-10-27(2)42-30(5)16-17-47(62-42)25-36-23-35(61-47)15-14-29(4)41(28(3)12-11-13-34-26-56-44-40(50)31(6)22-37(46(52)58-36)48(34,44)53)59-39-24-38(54-9)43(33(8)57-39)60-45(51)32(7)49-18-20-55-21-19-49/h11-14,16-17,22,27-28,30,32-33,35-44,50,53H,10,15,18-21,23-26H2,1-9H3/t27-,28-,30-,32?,33?,35+,36-,37?,38?,39?,40+,41-,42+,43?,44+,47?,48+/m0/s1. The minimum Gasteiger partial charge on any atom is -0.462 e. The lowest BCUT2D eigenvalue weighted by atomic mass is 9.71. The first-order valence-corrected chi connectivity index (χ1v) is 22.9. The van der Waals surface area contributed by atoms with Crippen LogP contribution in [0.4, 0.5) is 0 Å². The summed E-state index contributed by atoms with van der Waals surface area (Å²) in [4.78, 5) is 29.8. The molecule has 0 aromatic rings. The van der Waals surface area contributed by atoms with Gasteiger partial charge in [-0.2, -0.15) is 0 Å². The van der Waals surface area contributed by atoms with E-state index in [2.05, 4.69) is 44.7 Å². The van der Waals surface area contributed by atoms with Gasteiger partial charge in [-0.05, 0) is 62.8 Å². The van der Waals surface area contributed by atoms with Crippen LogP contribution in [-0.4, -0.2) is 146 Å². The molecule has 0 amide bonds. The maximum absolute atomic E-state index is 14.3. The molecule has 1 aliphatic carbocycles. The molecule has 6 heterocycles. The van der Waals surface area contributed by atoms with Crippen LogP contribution in [0.5, 0.6) is 0 Å². The quantitative estimate of drug-likeness (QED) is 0.245. The zero-order chi connectivity index (χ0) is 44.5. The molecule has 1 spiro atoms. The fourth-order valence-corrected chi connectivity index (χ4v) is 10.4. The van der Waals surface area contributed by atoms with E-state index in [0.29, 0.717) is 63.1 Å². The van der Waals surface area contributed by atoms with Gasteiger partial charge in [-0.1, -0.05) is 70.6 Å². The molecule has 0 saturated carbocycles.